The molecule has 0 saturated carbocycles. The molecule has 1 aromatic rings. The van der Waals surface area contributed by atoms with Crippen LogP contribution in [0.4, 0.5) is 0 Å². The minimum absolute atomic E-state index is 0.325. The summed E-state index contributed by atoms with van der Waals surface area (Å²) in [6, 6.07) is 7.72. The summed E-state index contributed by atoms with van der Waals surface area (Å²) in [5.74, 6) is 3.96. The highest BCUT2D eigenvalue weighted by Gasteiger charge is 2.10. The third-order valence-electron chi connectivity index (χ3n) is 1.94. The van der Waals surface area contributed by atoms with Gasteiger partial charge in [-0.3, -0.25) is 0 Å². The molecule has 0 N–H and O–H groups in total. The van der Waals surface area contributed by atoms with Crippen molar-refractivity contribution in [3.63, 3.8) is 0 Å². The number of rotatable bonds is 4. The normalized spacial score (nSPS) is 11.2. The van der Waals surface area contributed by atoms with E-state index >= 15 is 0 Å². The molecule has 82 valence electrons. The minimum Gasteiger partial charge on any atom is -0.477 e. The van der Waals surface area contributed by atoms with Gasteiger partial charge in [0.05, 0.1) is 0 Å². The van der Waals surface area contributed by atoms with Crippen molar-refractivity contribution in [3.8, 4) is 24.2 Å². The highest BCUT2D eigenvalue weighted by atomic mass is 32.2. The van der Waals surface area contributed by atoms with Crippen LogP contribution in [0.5, 0.6) is 5.75 Å². The molecule has 1 atom stereocenters. The van der Waals surface area contributed by atoms with E-state index in [1.165, 1.54) is 0 Å². The van der Waals surface area contributed by atoms with Gasteiger partial charge in [0, 0.05) is 4.90 Å². The number of hydrogen-bond acceptors (Lipinski definition) is 3. The molecule has 2 nitrogen and oxygen atoms in total. The van der Waals surface area contributed by atoms with E-state index in [9.17, 15) is 0 Å². The Balaban J connectivity index is 3.06. The van der Waals surface area contributed by atoms with Crippen LogP contribution in [-0.2, 0) is 0 Å². The van der Waals surface area contributed by atoms with Gasteiger partial charge in [0.25, 0.3) is 0 Å². The zero-order valence-electron chi connectivity index (χ0n) is 9.36. The summed E-state index contributed by atoms with van der Waals surface area (Å²) < 4.78 is 5.50. The van der Waals surface area contributed by atoms with Gasteiger partial charge in [-0.15, -0.1) is 18.2 Å². The van der Waals surface area contributed by atoms with Crippen LogP contribution in [-0.4, -0.2) is 11.9 Å². The second-order valence-corrected chi connectivity index (χ2v) is 4.41. The molecule has 0 amide bonds. The summed E-state index contributed by atoms with van der Waals surface area (Å²) in [6.07, 6.45) is 4.92. The van der Waals surface area contributed by atoms with Gasteiger partial charge in [-0.1, -0.05) is 18.9 Å². The quantitative estimate of drug-likeness (QED) is 0.589. The van der Waals surface area contributed by atoms with Crippen molar-refractivity contribution in [2.24, 2.45) is 0 Å². The Hall–Kier alpha value is -1.58. The molecule has 0 bridgehead atoms. The molecular formula is C13H13NOS. The van der Waals surface area contributed by atoms with Gasteiger partial charge in [-0.05, 0) is 24.8 Å². The Morgan fingerprint density at radius 1 is 1.56 bits per heavy atom. The molecule has 0 aromatic heterocycles. The van der Waals surface area contributed by atoms with E-state index < -0.39 is 0 Å². The SMILES string of the molecule is C#CC(C)Oc1cccc(SCC)c1C#N. The summed E-state index contributed by atoms with van der Waals surface area (Å²) in [4.78, 5) is 0.937. The third kappa shape index (κ3) is 2.95. The lowest BCUT2D eigenvalue weighted by atomic mass is 10.2. The van der Waals surface area contributed by atoms with Crippen LogP contribution in [0.1, 0.15) is 19.4 Å². The average molecular weight is 231 g/mol. The lowest BCUT2D eigenvalue weighted by molar-refractivity contribution is 0.277. The predicted octanol–water partition coefficient (Wildman–Crippen LogP) is 3.07. The van der Waals surface area contributed by atoms with Crippen molar-refractivity contribution >= 4 is 11.8 Å². The predicted molar refractivity (Wildman–Crippen MR) is 66.5 cm³/mol. The molecule has 1 aromatic carbocycles. The average Bonchev–Trinajstić information content (AvgIpc) is 2.29. The molecule has 0 aliphatic carbocycles. The van der Waals surface area contributed by atoms with Crippen LogP contribution in [0.15, 0.2) is 23.1 Å². The van der Waals surface area contributed by atoms with E-state index in [1.54, 1.807) is 24.8 Å². The number of ether oxygens (including phenoxy) is 1. The molecule has 0 fully saturated rings. The van der Waals surface area contributed by atoms with E-state index in [4.69, 9.17) is 16.4 Å². The van der Waals surface area contributed by atoms with E-state index in [2.05, 4.69) is 12.0 Å². The van der Waals surface area contributed by atoms with Crippen LogP contribution in [0.3, 0.4) is 0 Å². The van der Waals surface area contributed by atoms with Crippen molar-refractivity contribution < 1.29 is 4.74 Å². The second kappa shape index (κ2) is 6.10. The summed E-state index contributed by atoms with van der Waals surface area (Å²) in [6.45, 7) is 3.82. The molecule has 0 heterocycles. The van der Waals surface area contributed by atoms with Gasteiger partial charge in [0.1, 0.15) is 17.4 Å². The van der Waals surface area contributed by atoms with Gasteiger partial charge in [-0.25, -0.2) is 0 Å². The minimum atomic E-state index is -0.325. The fraction of sp³-hybridized carbons (Fsp3) is 0.308. The fourth-order valence-corrected chi connectivity index (χ4v) is 2.00. The lowest BCUT2D eigenvalue weighted by Crippen LogP contribution is -2.09. The Labute approximate surface area is 101 Å². The standard InChI is InChI=1S/C13H13NOS/c1-4-10(3)15-12-7-6-8-13(16-5-2)11(12)9-14/h1,6-8,10H,5H2,2-3H3. The third-order valence-corrected chi connectivity index (χ3v) is 2.88. The maximum Gasteiger partial charge on any atom is 0.156 e. The molecule has 0 spiro atoms. The zero-order valence-corrected chi connectivity index (χ0v) is 10.2. The van der Waals surface area contributed by atoms with Crippen LogP contribution in [0.2, 0.25) is 0 Å². The summed E-state index contributed by atoms with van der Waals surface area (Å²) >= 11 is 1.62. The van der Waals surface area contributed by atoms with Crippen LogP contribution in [0, 0.1) is 23.7 Å². The molecule has 0 aliphatic heterocycles. The fourth-order valence-electron chi connectivity index (χ4n) is 1.22. The molecule has 0 saturated heterocycles. The van der Waals surface area contributed by atoms with E-state index in [1.807, 2.05) is 19.1 Å². The molecule has 0 radical (unpaired) electrons. The molecular weight excluding hydrogens is 218 g/mol. The smallest absolute Gasteiger partial charge is 0.156 e. The summed E-state index contributed by atoms with van der Waals surface area (Å²) in [5, 5.41) is 9.12. The van der Waals surface area contributed by atoms with Gasteiger partial charge < -0.3 is 4.74 Å². The maximum absolute atomic E-state index is 9.12. The highest BCUT2D eigenvalue weighted by Crippen LogP contribution is 2.29. The highest BCUT2D eigenvalue weighted by molar-refractivity contribution is 7.99. The number of nitriles is 1. The topological polar surface area (TPSA) is 33.0 Å². The molecule has 3 heteroatoms. The first-order valence-corrected chi connectivity index (χ1v) is 6.00. The van der Waals surface area contributed by atoms with E-state index in [-0.39, 0.29) is 6.10 Å². The second-order valence-electron chi connectivity index (χ2n) is 3.10. The largest absolute Gasteiger partial charge is 0.477 e. The Morgan fingerprint density at radius 2 is 2.31 bits per heavy atom. The number of nitrogens with zero attached hydrogens (tertiary/aromatic N) is 1. The first-order valence-electron chi connectivity index (χ1n) is 5.01. The van der Waals surface area contributed by atoms with E-state index in [0.29, 0.717) is 11.3 Å². The van der Waals surface area contributed by atoms with Gasteiger partial charge in [-0.2, -0.15) is 5.26 Å². The van der Waals surface area contributed by atoms with Crippen molar-refractivity contribution in [1.82, 2.24) is 0 Å². The zero-order chi connectivity index (χ0) is 12.0. The van der Waals surface area contributed by atoms with Gasteiger partial charge in [0.2, 0.25) is 0 Å². The Kier molecular flexibility index (Phi) is 4.76. The summed E-state index contributed by atoms with van der Waals surface area (Å²) in [7, 11) is 0. The van der Waals surface area contributed by atoms with E-state index in [0.717, 1.165) is 10.6 Å². The van der Waals surface area contributed by atoms with Crippen molar-refractivity contribution in [2.75, 3.05) is 5.75 Å². The number of terminal acetylenes is 1. The Morgan fingerprint density at radius 3 is 2.88 bits per heavy atom. The molecule has 0 aliphatic rings. The first-order chi connectivity index (χ1) is 7.72. The van der Waals surface area contributed by atoms with Crippen LogP contribution in [0.25, 0.3) is 0 Å². The number of thioether (sulfide) groups is 1. The van der Waals surface area contributed by atoms with Gasteiger partial charge in [0.15, 0.2) is 6.10 Å². The monoisotopic (exact) mass is 231 g/mol. The first kappa shape index (κ1) is 12.5. The number of benzene rings is 1. The summed E-state index contributed by atoms with van der Waals surface area (Å²) in [5.41, 5.74) is 0.566. The Bertz CT molecular complexity index is 442. The molecule has 16 heavy (non-hydrogen) atoms. The lowest BCUT2D eigenvalue weighted by Gasteiger charge is -2.12. The van der Waals surface area contributed by atoms with Crippen molar-refractivity contribution in [2.45, 2.75) is 24.8 Å². The van der Waals surface area contributed by atoms with Crippen LogP contribution < -0.4 is 4.74 Å². The van der Waals surface area contributed by atoms with Crippen molar-refractivity contribution in [1.29, 1.82) is 5.26 Å². The van der Waals surface area contributed by atoms with Gasteiger partial charge >= 0.3 is 0 Å². The van der Waals surface area contributed by atoms with Crippen molar-refractivity contribution in [3.05, 3.63) is 23.8 Å². The van der Waals surface area contributed by atoms with Crippen LogP contribution >= 0.6 is 11.8 Å². The number of hydrogen-bond donors (Lipinski definition) is 0. The molecule has 1 unspecified atom stereocenters. The molecule has 1 rings (SSSR count). The maximum atomic E-state index is 9.12.